The average molecular weight is 233 g/mol. The SMILES string of the molecule is NC(=O)Cc1nc(Cl)c([N+](=O)[O-])c(=O)[nH]1. The molecule has 0 aliphatic rings. The Kier molecular flexibility index (Phi) is 3.00. The van der Waals surface area contributed by atoms with Gasteiger partial charge in [-0.25, -0.2) is 4.98 Å². The number of halogens is 1. The average Bonchev–Trinajstić information content (AvgIpc) is 1.99. The van der Waals surface area contributed by atoms with Gasteiger partial charge < -0.3 is 10.7 Å². The predicted molar refractivity (Wildman–Crippen MR) is 49.4 cm³/mol. The van der Waals surface area contributed by atoms with Crippen molar-refractivity contribution in [1.82, 2.24) is 9.97 Å². The van der Waals surface area contributed by atoms with Crippen LogP contribution < -0.4 is 11.3 Å². The minimum atomic E-state index is -1.02. The second-order valence-electron chi connectivity index (χ2n) is 2.55. The lowest BCUT2D eigenvalue weighted by Gasteiger charge is -1.98. The lowest BCUT2D eigenvalue weighted by atomic mass is 10.4. The number of nitrogens with one attached hydrogen (secondary N) is 1. The van der Waals surface area contributed by atoms with Crippen LogP contribution in [-0.4, -0.2) is 20.8 Å². The topological polar surface area (TPSA) is 132 Å². The molecule has 0 aliphatic carbocycles. The molecule has 0 fully saturated rings. The lowest BCUT2D eigenvalue weighted by Crippen LogP contribution is -2.21. The van der Waals surface area contributed by atoms with Gasteiger partial charge in [-0.3, -0.25) is 19.7 Å². The van der Waals surface area contributed by atoms with Crippen molar-refractivity contribution < 1.29 is 9.72 Å². The van der Waals surface area contributed by atoms with Gasteiger partial charge in [0.25, 0.3) is 0 Å². The zero-order valence-electron chi connectivity index (χ0n) is 7.19. The number of aromatic amines is 1. The van der Waals surface area contributed by atoms with Crippen LogP contribution in [0.25, 0.3) is 0 Å². The van der Waals surface area contributed by atoms with E-state index in [0.29, 0.717) is 0 Å². The molecular formula is C6H5ClN4O4. The molecule has 80 valence electrons. The fraction of sp³-hybridized carbons (Fsp3) is 0.167. The summed E-state index contributed by atoms with van der Waals surface area (Å²) in [4.78, 5) is 36.5. The van der Waals surface area contributed by atoms with Gasteiger partial charge in [0, 0.05) is 0 Å². The number of carbonyl (C=O) groups excluding carboxylic acids is 1. The van der Waals surface area contributed by atoms with Crippen LogP contribution in [-0.2, 0) is 11.2 Å². The number of nitrogens with two attached hydrogens (primary N) is 1. The van der Waals surface area contributed by atoms with Crippen LogP contribution in [0.4, 0.5) is 5.69 Å². The van der Waals surface area contributed by atoms with Crippen molar-refractivity contribution in [3.05, 3.63) is 31.4 Å². The standard InChI is InChI=1S/C6H5ClN4O4/c7-5-4(11(14)15)6(13)10-3(9-5)1-2(8)12/h1H2,(H2,8,12)(H,9,10,13). The van der Waals surface area contributed by atoms with Crippen molar-refractivity contribution in [1.29, 1.82) is 0 Å². The smallest absolute Gasteiger partial charge is 0.369 e. The van der Waals surface area contributed by atoms with Gasteiger partial charge in [-0.2, -0.15) is 0 Å². The van der Waals surface area contributed by atoms with Crippen molar-refractivity contribution in [2.75, 3.05) is 0 Å². The van der Waals surface area contributed by atoms with E-state index in [0.717, 1.165) is 0 Å². The summed E-state index contributed by atoms with van der Waals surface area (Å²) in [5.74, 6) is -0.842. The second kappa shape index (κ2) is 4.05. The molecule has 1 aromatic rings. The van der Waals surface area contributed by atoms with Crippen LogP contribution in [0.2, 0.25) is 5.15 Å². The Labute approximate surface area is 87.2 Å². The highest BCUT2D eigenvalue weighted by Crippen LogP contribution is 2.15. The van der Waals surface area contributed by atoms with Gasteiger partial charge in [-0.05, 0) is 0 Å². The highest BCUT2D eigenvalue weighted by Gasteiger charge is 2.20. The zero-order valence-corrected chi connectivity index (χ0v) is 7.95. The number of primary amides is 1. The summed E-state index contributed by atoms with van der Waals surface area (Å²) in [7, 11) is 0. The number of nitro groups is 1. The van der Waals surface area contributed by atoms with Crippen molar-refractivity contribution in [2.24, 2.45) is 5.73 Å². The largest absolute Gasteiger partial charge is 0.370 e. The number of aromatic nitrogens is 2. The number of rotatable bonds is 3. The van der Waals surface area contributed by atoms with E-state index in [4.69, 9.17) is 17.3 Å². The quantitative estimate of drug-likeness (QED) is 0.406. The third-order valence-corrected chi connectivity index (χ3v) is 1.69. The normalized spacial score (nSPS) is 9.93. The maximum absolute atomic E-state index is 11.1. The molecular weight excluding hydrogens is 228 g/mol. The lowest BCUT2D eigenvalue weighted by molar-refractivity contribution is -0.386. The van der Waals surface area contributed by atoms with Crippen LogP contribution in [0.1, 0.15) is 5.82 Å². The molecule has 1 aromatic heterocycles. The van der Waals surface area contributed by atoms with E-state index in [1.807, 2.05) is 4.98 Å². The Morgan fingerprint density at radius 3 is 2.67 bits per heavy atom. The molecule has 0 atom stereocenters. The molecule has 0 aliphatic heterocycles. The molecule has 0 aromatic carbocycles. The maximum atomic E-state index is 11.1. The van der Waals surface area contributed by atoms with Crippen LogP contribution >= 0.6 is 11.6 Å². The molecule has 1 heterocycles. The van der Waals surface area contributed by atoms with Gasteiger partial charge in [0.15, 0.2) is 0 Å². The molecule has 0 unspecified atom stereocenters. The van der Waals surface area contributed by atoms with Crippen LogP contribution in [0.15, 0.2) is 4.79 Å². The first-order chi connectivity index (χ1) is 6.91. The monoisotopic (exact) mass is 232 g/mol. The maximum Gasteiger partial charge on any atom is 0.370 e. The molecule has 1 rings (SSSR count). The molecule has 1 amide bonds. The summed E-state index contributed by atoms with van der Waals surface area (Å²) in [6.07, 6.45) is -0.340. The summed E-state index contributed by atoms with van der Waals surface area (Å²) in [6.45, 7) is 0. The van der Waals surface area contributed by atoms with Gasteiger partial charge in [-0.1, -0.05) is 11.6 Å². The van der Waals surface area contributed by atoms with Gasteiger partial charge >= 0.3 is 11.2 Å². The number of nitrogens with zero attached hydrogens (tertiary/aromatic N) is 2. The molecule has 15 heavy (non-hydrogen) atoms. The van der Waals surface area contributed by atoms with Crippen molar-refractivity contribution in [3.8, 4) is 0 Å². The number of H-pyrrole nitrogens is 1. The summed E-state index contributed by atoms with van der Waals surface area (Å²) < 4.78 is 0. The fourth-order valence-corrected chi connectivity index (χ4v) is 1.15. The van der Waals surface area contributed by atoms with Gasteiger partial charge in [0.1, 0.15) is 5.82 Å². The van der Waals surface area contributed by atoms with E-state index in [2.05, 4.69) is 4.98 Å². The summed E-state index contributed by atoms with van der Waals surface area (Å²) in [6, 6.07) is 0. The Morgan fingerprint density at radius 2 is 2.27 bits per heavy atom. The Balaban J connectivity index is 3.26. The summed E-state index contributed by atoms with van der Waals surface area (Å²) in [5.41, 5.74) is 2.97. The summed E-state index contributed by atoms with van der Waals surface area (Å²) in [5, 5.41) is 9.78. The van der Waals surface area contributed by atoms with E-state index in [1.165, 1.54) is 0 Å². The highest BCUT2D eigenvalue weighted by atomic mass is 35.5. The third-order valence-electron chi connectivity index (χ3n) is 1.43. The van der Waals surface area contributed by atoms with Crippen molar-refractivity contribution >= 4 is 23.2 Å². The number of hydrogen-bond donors (Lipinski definition) is 2. The Morgan fingerprint density at radius 1 is 1.67 bits per heavy atom. The minimum absolute atomic E-state index is 0.108. The first kappa shape index (κ1) is 11.1. The van der Waals surface area contributed by atoms with Gasteiger partial charge in [0.05, 0.1) is 11.3 Å². The Bertz CT molecular complexity index is 483. The van der Waals surface area contributed by atoms with E-state index in [9.17, 15) is 19.7 Å². The number of amides is 1. The molecule has 8 nitrogen and oxygen atoms in total. The van der Waals surface area contributed by atoms with E-state index < -0.39 is 27.2 Å². The third kappa shape index (κ3) is 2.50. The van der Waals surface area contributed by atoms with Crippen molar-refractivity contribution in [3.63, 3.8) is 0 Å². The fourth-order valence-electron chi connectivity index (χ4n) is 0.890. The molecule has 9 heteroatoms. The van der Waals surface area contributed by atoms with Crippen molar-refractivity contribution in [2.45, 2.75) is 6.42 Å². The number of carbonyl (C=O) groups is 1. The zero-order chi connectivity index (χ0) is 11.6. The number of hydrogen-bond acceptors (Lipinski definition) is 5. The molecule has 0 bridgehead atoms. The second-order valence-corrected chi connectivity index (χ2v) is 2.91. The van der Waals surface area contributed by atoms with E-state index in [-0.39, 0.29) is 12.2 Å². The first-order valence-electron chi connectivity index (χ1n) is 3.63. The van der Waals surface area contributed by atoms with Crippen LogP contribution in [0.5, 0.6) is 0 Å². The van der Waals surface area contributed by atoms with E-state index in [1.54, 1.807) is 0 Å². The van der Waals surface area contributed by atoms with E-state index >= 15 is 0 Å². The van der Waals surface area contributed by atoms with Crippen LogP contribution in [0, 0.1) is 10.1 Å². The van der Waals surface area contributed by atoms with Crippen LogP contribution in [0.3, 0.4) is 0 Å². The van der Waals surface area contributed by atoms with Gasteiger partial charge in [0.2, 0.25) is 11.1 Å². The predicted octanol–water partition coefficient (Wildman–Crippen LogP) is -0.641. The molecule has 0 saturated carbocycles. The Hall–Kier alpha value is -1.96. The molecule has 0 radical (unpaired) electrons. The molecule has 0 saturated heterocycles. The first-order valence-corrected chi connectivity index (χ1v) is 4.01. The summed E-state index contributed by atoms with van der Waals surface area (Å²) >= 11 is 5.39. The minimum Gasteiger partial charge on any atom is -0.369 e. The molecule has 3 N–H and O–H groups in total. The highest BCUT2D eigenvalue weighted by molar-refractivity contribution is 6.31. The van der Waals surface area contributed by atoms with Gasteiger partial charge in [-0.15, -0.1) is 0 Å². The molecule has 0 spiro atoms.